The van der Waals surface area contributed by atoms with Crippen molar-refractivity contribution in [2.75, 3.05) is 6.61 Å². The molecule has 0 aliphatic carbocycles. The molecule has 2 nitrogen and oxygen atoms in total. The first-order valence-corrected chi connectivity index (χ1v) is 4.41. The van der Waals surface area contributed by atoms with Crippen molar-refractivity contribution in [2.24, 2.45) is 0 Å². The highest BCUT2D eigenvalue weighted by molar-refractivity contribution is 5.18. The first-order valence-electron chi connectivity index (χ1n) is 4.41. The fourth-order valence-electron chi connectivity index (χ4n) is 1.01. The van der Waals surface area contributed by atoms with E-state index in [2.05, 4.69) is 5.32 Å². The Morgan fingerprint density at radius 2 is 2.14 bits per heavy atom. The summed E-state index contributed by atoms with van der Waals surface area (Å²) in [6.07, 6.45) is 0. The summed E-state index contributed by atoms with van der Waals surface area (Å²) < 4.78 is 25.6. The quantitative estimate of drug-likeness (QED) is 0.772. The van der Waals surface area contributed by atoms with E-state index in [1.165, 1.54) is 12.1 Å². The van der Waals surface area contributed by atoms with E-state index in [4.69, 9.17) is 5.11 Å². The van der Waals surface area contributed by atoms with E-state index in [1.54, 1.807) is 6.92 Å². The number of rotatable bonds is 4. The van der Waals surface area contributed by atoms with Crippen molar-refractivity contribution >= 4 is 0 Å². The molecule has 1 atom stereocenters. The Bertz CT molecular complexity index is 304. The summed E-state index contributed by atoms with van der Waals surface area (Å²) in [5.74, 6) is -1.15. The van der Waals surface area contributed by atoms with Crippen molar-refractivity contribution in [3.8, 4) is 0 Å². The van der Waals surface area contributed by atoms with Crippen LogP contribution in [0.25, 0.3) is 0 Å². The smallest absolute Gasteiger partial charge is 0.130 e. The Hall–Kier alpha value is -1.00. The van der Waals surface area contributed by atoms with Gasteiger partial charge in [0.05, 0.1) is 6.61 Å². The molecule has 14 heavy (non-hydrogen) atoms. The number of aliphatic hydroxyl groups excluding tert-OH is 1. The van der Waals surface area contributed by atoms with Gasteiger partial charge in [0.2, 0.25) is 0 Å². The molecular formula is C10H13F2NO. The van der Waals surface area contributed by atoms with Crippen molar-refractivity contribution in [2.45, 2.75) is 19.5 Å². The molecule has 1 aromatic carbocycles. The second-order valence-corrected chi connectivity index (χ2v) is 3.20. The lowest BCUT2D eigenvalue weighted by molar-refractivity contribution is 0.250. The predicted molar refractivity (Wildman–Crippen MR) is 49.7 cm³/mol. The van der Waals surface area contributed by atoms with E-state index in [0.717, 1.165) is 6.07 Å². The Labute approximate surface area is 81.6 Å². The van der Waals surface area contributed by atoms with Crippen LogP contribution in [-0.2, 0) is 6.54 Å². The van der Waals surface area contributed by atoms with Crippen molar-refractivity contribution in [1.82, 2.24) is 5.32 Å². The highest BCUT2D eigenvalue weighted by atomic mass is 19.1. The maximum atomic E-state index is 13.1. The lowest BCUT2D eigenvalue weighted by atomic mass is 10.2. The van der Waals surface area contributed by atoms with Gasteiger partial charge in [-0.1, -0.05) is 6.07 Å². The minimum absolute atomic E-state index is 0.0111. The lowest BCUT2D eigenvalue weighted by Crippen LogP contribution is -2.28. The molecule has 0 fully saturated rings. The van der Waals surface area contributed by atoms with Crippen LogP contribution >= 0.6 is 0 Å². The Morgan fingerprint density at radius 3 is 2.71 bits per heavy atom. The third-order valence-corrected chi connectivity index (χ3v) is 1.93. The number of hydrogen-bond acceptors (Lipinski definition) is 2. The third-order valence-electron chi connectivity index (χ3n) is 1.93. The molecule has 1 rings (SSSR count). The fourth-order valence-corrected chi connectivity index (χ4v) is 1.01. The van der Waals surface area contributed by atoms with Gasteiger partial charge in [0.15, 0.2) is 0 Å². The first kappa shape index (κ1) is 11.1. The molecule has 0 spiro atoms. The van der Waals surface area contributed by atoms with Crippen LogP contribution in [0, 0.1) is 11.6 Å². The standard InChI is InChI=1S/C10H13F2NO/c1-7(6-14)13-5-8-2-3-9(11)4-10(8)12/h2-4,7,13-14H,5-6H2,1H3. The number of aliphatic hydroxyl groups is 1. The molecular weight excluding hydrogens is 188 g/mol. The van der Waals surface area contributed by atoms with Crippen LogP contribution in [0.4, 0.5) is 8.78 Å². The summed E-state index contributed by atoms with van der Waals surface area (Å²) in [4.78, 5) is 0. The summed E-state index contributed by atoms with van der Waals surface area (Å²) in [6.45, 7) is 2.05. The Kier molecular flexibility index (Phi) is 3.98. The van der Waals surface area contributed by atoms with Gasteiger partial charge in [-0.2, -0.15) is 0 Å². The second-order valence-electron chi connectivity index (χ2n) is 3.20. The van der Waals surface area contributed by atoms with E-state index in [1.807, 2.05) is 0 Å². The van der Waals surface area contributed by atoms with Crippen molar-refractivity contribution < 1.29 is 13.9 Å². The van der Waals surface area contributed by atoms with Gasteiger partial charge in [0.1, 0.15) is 11.6 Å². The van der Waals surface area contributed by atoms with Crippen molar-refractivity contribution in [3.63, 3.8) is 0 Å². The molecule has 0 amide bonds. The van der Waals surface area contributed by atoms with Gasteiger partial charge in [0, 0.05) is 24.2 Å². The highest BCUT2D eigenvalue weighted by Crippen LogP contribution is 2.09. The average Bonchev–Trinajstić information content (AvgIpc) is 2.16. The minimum Gasteiger partial charge on any atom is -0.395 e. The van der Waals surface area contributed by atoms with Gasteiger partial charge in [0.25, 0.3) is 0 Å². The molecule has 0 aromatic heterocycles. The summed E-state index contributed by atoms with van der Waals surface area (Å²) >= 11 is 0. The Balaban J connectivity index is 2.59. The fraction of sp³-hybridized carbons (Fsp3) is 0.400. The summed E-state index contributed by atoms with van der Waals surface area (Å²) in [7, 11) is 0. The van der Waals surface area contributed by atoms with Crippen molar-refractivity contribution in [1.29, 1.82) is 0 Å². The maximum Gasteiger partial charge on any atom is 0.130 e. The number of halogens is 2. The average molecular weight is 201 g/mol. The van der Waals surface area contributed by atoms with Crippen LogP contribution in [0.3, 0.4) is 0 Å². The molecule has 4 heteroatoms. The number of hydrogen-bond donors (Lipinski definition) is 2. The van der Waals surface area contributed by atoms with Gasteiger partial charge in [-0.25, -0.2) is 8.78 Å². The van der Waals surface area contributed by atoms with E-state index >= 15 is 0 Å². The zero-order chi connectivity index (χ0) is 10.6. The van der Waals surface area contributed by atoms with Crippen LogP contribution in [0.2, 0.25) is 0 Å². The largest absolute Gasteiger partial charge is 0.395 e. The van der Waals surface area contributed by atoms with Gasteiger partial charge in [-0.15, -0.1) is 0 Å². The highest BCUT2D eigenvalue weighted by Gasteiger charge is 2.04. The van der Waals surface area contributed by atoms with Gasteiger partial charge in [-0.3, -0.25) is 0 Å². The molecule has 0 radical (unpaired) electrons. The van der Waals surface area contributed by atoms with Crippen LogP contribution in [0.15, 0.2) is 18.2 Å². The summed E-state index contributed by atoms with van der Waals surface area (Å²) in [6, 6.07) is 3.35. The molecule has 1 unspecified atom stereocenters. The van der Waals surface area contributed by atoms with Crippen LogP contribution in [-0.4, -0.2) is 17.8 Å². The van der Waals surface area contributed by atoms with E-state index in [0.29, 0.717) is 5.56 Å². The van der Waals surface area contributed by atoms with E-state index in [-0.39, 0.29) is 19.2 Å². The topological polar surface area (TPSA) is 32.3 Å². The molecule has 1 aromatic rings. The molecule has 78 valence electrons. The van der Waals surface area contributed by atoms with E-state index in [9.17, 15) is 8.78 Å². The zero-order valence-corrected chi connectivity index (χ0v) is 7.93. The first-order chi connectivity index (χ1) is 6.63. The SMILES string of the molecule is CC(CO)NCc1ccc(F)cc1F. The van der Waals surface area contributed by atoms with Gasteiger partial charge in [-0.05, 0) is 13.0 Å². The molecule has 0 heterocycles. The van der Waals surface area contributed by atoms with E-state index < -0.39 is 11.6 Å². The molecule has 0 aliphatic heterocycles. The summed E-state index contributed by atoms with van der Waals surface area (Å²) in [5, 5.41) is 11.6. The number of nitrogens with one attached hydrogen (secondary N) is 1. The maximum absolute atomic E-state index is 13.1. The molecule has 0 bridgehead atoms. The summed E-state index contributed by atoms with van der Waals surface area (Å²) in [5.41, 5.74) is 0.395. The second kappa shape index (κ2) is 5.02. The van der Waals surface area contributed by atoms with Crippen LogP contribution < -0.4 is 5.32 Å². The van der Waals surface area contributed by atoms with Crippen LogP contribution in [0.1, 0.15) is 12.5 Å². The normalized spacial score (nSPS) is 12.9. The monoisotopic (exact) mass is 201 g/mol. The van der Waals surface area contributed by atoms with Crippen LogP contribution in [0.5, 0.6) is 0 Å². The minimum atomic E-state index is -0.582. The van der Waals surface area contributed by atoms with Gasteiger partial charge < -0.3 is 10.4 Å². The van der Waals surface area contributed by atoms with Gasteiger partial charge >= 0.3 is 0 Å². The predicted octanol–water partition coefficient (Wildman–Crippen LogP) is 1.44. The molecule has 0 saturated heterocycles. The third kappa shape index (κ3) is 3.05. The number of benzene rings is 1. The lowest BCUT2D eigenvalue weighted by Gasteiger charge is -2.10. The van der Waals surface area contributed by atoms with Crippen molar-refractivity contribution in [3.05, 3.63) is 35.4 Å². The zero-order valence-electron chi connectivity index (χ0n) is 7.93. The molecule has 2 N–H and O–H groups in total. The molecule has 0 saturated carbocycles. The Morgan fingerprint density at radius 1 is 1.43 bits per heavy atom. The molecule has 0 aliphatic rings.